The van der Waals surface area contributed by atoms with Crippen LogP contribution in [0, 0.1) is 6.92 Å². The quantitative estimate of drug-likeness (QED) is 0.342. The summed E-state index contributed by atoms with van der Waals surface area (Å²) >= 11 is 0. The van der Waals surface area contributed by atoms with Crippen molar-refractivity contribution in [3.8, 4) is 11.3 Å². The summed E-state index contributed by atoms with van der Waals surface area (Å²) < 4.78 is 43.8. The smallest absolute Gasteiger partial charge is 0.309 e. The van der Waals surface area contributed by atoms with Crippen molar-refractivity contribution in [3.05, 3.63) is 63.1 Å². The van der Waals surface area contributed by atoms with Crippen LogP contribution in [0.1, 0.15) is 31.0 Å². The van der Waals surface area contributed by atoms with E-state index in [2.05, 4.69) is 35.7 Å². The van der Waals surface area contributed by atoms with Gasteiger partial charge >= 0.3 is 11.9 Å². The molecule has 0 radical (unpaired) electrons. The van der Waals surface area contributed by atoms with Crippen molar-refractivity contribution in [3.63, 3.8) is 0 Å². The van der Waals surface area contributed by atoms with E-state index < -0.39 is 40.7 Å². The average Bonchev–Trinajstić information content (AvgIpc) is 3.45. The third-order valence-electron chi connectivity index (χ3n) is 7.20. The molecule has 1 unspecified atom stereocenters. The predicted octanol–water partition coefficient (Wildman–Crippen LogP) is 1.48. The van der Waals surface area contributed by atoms with E-state index >= 15 is 0 Å². The van der Waals surface area contributed by atoms with Crippen LogP contribution in [0.15, 0.2) is 45.6 Å². The van der Waals surface area contributed by atoms with Crippen molar-refractivity contribution in [2.24, 2.45) is 12.0 Å². The Hall–Kier alpha value is -4.93. The van der Waals surface area contributed by atoms with Gasteiger partial charge in [0.2, 0.25) is 0 Å². The minimum atomic E-state index is -4.60. The summed E-state index contributed by atoms with van der Waals surface area (Å²) in [6, 6.07) is 0.923. The summed E-state index contributed by atoms with van der Waals surface area (Å²) in [7, 11) is 1.46. The molecular formula is C25H23F3N10O4. The molecule has 4 aromatic rings. The Kier molecular flexibility index (Phi) is 6.21. The number of amides is 1. The van der Waals surface area contributed by atoms with E-state index in [0.29, 0.717) is 12.8 Å². The number of amidine groups is 1. The lowest BCUT2D eigenvalue weighted by molar-refractivity contribution is -0.138. The van der Waals surface area contributed by atoms with E-state index in [1.54, 1.807) is 6.92 Å². The lowest BCUT2D eigenvalue weighted by Gasteiger charge is -2.18. The van der Waals surface area contributed by atoms with Crippen LogP contribution in [0.2, 0.25) is 0 Å². The van der Waals surface area contributed by atoms with E-state index in [0.717, 1.165) is 10.6 Å². The highest BCUT2D eigenvalue weighted by molar-refractivity contribution is 5.99. The molecule has 1 atom stereocenters. The van der Waals surface area contributed by atoms with Crippen LogP contribution < -0.4 is 22.0 Å². The number of nitrogens with one attached hydrogen (secondary N) is 2. The highest BCUT2D eigenvalue weighted by Gasteiger charge is 2.53. The predicted molar refractivity (Wildman–Crippen MR) is 141 cm³/mol. The van der Waals surface area contributed by atoms with Crippen LogP contribution in [-0.4, -0.2) is 51.6 Å². The summed E-state index contributed by atoms with van der Waals surface area (Å²) in [5.74, 6) is -0.253. The molecule has 1 saturated carbocycles. The SMILES string of the molecule is Cc1ncc(-c2cncc(NC(=O)C3(n4cnc5c4c(=O)n(CC4=NC(C)ON4)c(=O)n5C)CC3)n2)cc1C(F)(F)F. The van der Waals surface area contributed by atoms with Crippen LogP contribution in [0.4, 0.5) is 19.0 Å². The summed E-state index contributed by atoms with van der Waals surface area (Å²) in [4.78, 5) is 65.8. The van der Waals surface area contributed by atoms with Gasteiger partial charge in [0.15, 0.2) is 23.2 Å². The van der Waals surface area contributed by atoms with E-state index in [9.17, 15) is 27.6 Å². The highest BCUT2D eigenvalue weighted by Crippen LogP contribution is 2.45. The normalized spacial score (nSPS) is 17.7. The highest BCUT2D eigenvalue weighted by atomic mass is 19.4. The zero-order chi connectivity index (χ0) is 30.0. The molecule has 17 heteroatoms. The number of anilines is 1. The third kappa shape index (κ3) is 4.50. The Labute approximate surface area is 233 Å². The van der Waals surface area contributed by atoms with Gasteiger partial charge < -0.3 is 9.88 Å². The van der Waals surface area contributed by atoms with Gasteiger partial charge in [0.1, 0.15) is 11.4 Å². The zero-order valence-electron chi connectivity index (χ0n) is 22.4. The van der Waals surface area contributed by atoms with E-state index in [1.165, 1.54) is 48.0 Å². The maximum Gasteiger partial charge on any atom is 0.418 e. The topological polar surface area (TPSA) is 163 Å². The van der Waals surface area contributed by atoms with Gasteiger partial charge in [0.25, 0.3) is 11.5 Å². The fourth-order valence-corrected chi connectivity index (χ4v) is 4.84. The molecule has 0 bridgehead atoms. The van der Waals surface area contributed by atoms with Crippen molar-refractivity contribution < 1.29 is 22.8 Å². The number of nitrogens with zero attached hydrogens (tertiary/aromatic N) is 8. The summed E-state index contributed by atoms with van der Waals surface area (Å²) in [6.07, 6.45) is 0.719. The number of alkyl halides is 3. The monoisotopic (exact) mass is 584 g/mol. The average molecular weight is 585 g/mol. The molecule has 0 aromatic carbocycles. The first-order valence-electron chi connectivity index (χ1n) is 12.7. The summed E-state index contributed by atoms with van der Waals surface area (Å²) in [6.45, 7) is 2.76. The van der Waals surface area contributed by atoms with E-state index in [-0.39, 0.29) is 46.3 Å². The number of rotatable bonds is 6. The Bertz CT molecular complexity index is 1910. The van der Waals surface area contributed by atoms with Gasteiger partial charge in [-0.15, -0.1) is 0 Å². The summed E-state index contributed by atoms with van der Waals surface area (Å²) in [5.41, 5.74) is -0.715. The molecule has 4 aromatic heterocycles. The van der Waals surface area contributed by atoms with Crippen LogP contribution in [0.3, 0.4) is 0 Å². The minimum absolute atomic E-state index is 0.00780. The van der Waals surface area contributed by atoms with Crippen molar-refractivity contribution in [2.75, 3.05) is 5.32 Å². The number of hydrogen-bond donors (Lipinski definition) is 2. The van der Waals surface area contributed by atoms with Crippen molar-refractivity contribution in [1.29, 1.82) is 0 Å². The maximum absolute atomic E-state index is 13.6. The molecule has 14 nitrogen and oxygen atoms in total. The largest absolute Gasteiger partial charge is 0.418 e. The second-order valence-corrected chi connectivity index (χ2v) is 10.0. The number of hydroxylamine groups is 1. The van der Waals surface area contributed by atoms with Gasteiger partial charge in [0.05, 0.1) is 36.5 Å². The molecule has 2 aliphatic rings. The number of carbonyl (C=O) groups excluding carboxylic acids is 1. The van der Waals surface area contributed by atoms with Gasteiger partial charge in [-0.05, 0) is 32.8 Å². The number of aliphatic imine (C=N–C) groups is 1. The Morgan fingerprint density at radius 3 is 2.64 bits per heavy atom. The standard InChI is InChI=1S/C25H23F3N10O4/c1-12-15(25(26,27)28)6-14(7-30-12)16-8-29-9-17(33-16)34-22(40)24(4-5-24)38-11-31-20-19(38)21(39)37(23(41)36(20)3)10-18-32-13(2)42-35-18/h6-9,11,13H,4-5,10H2,1-3H3,(H,32,35)(H,33,34,40). The minimum Gasteiger partial charge on any atom is -0.309 e. The number of halogens is 3. The number of aryl methyl sites for hydroxylation is 2. The number of hydrogen-bond acceptors (Lipinski definition) is 10. The van der Waals surface area contributed by atoms with E-state index in [4.69, 9.17) is 4.84 Å². The Morgan fingerprint density at radius 2 is 1.98 bits per heavy atom. The summed E-state index contributed by atoms with van der Waals surface area (Å²) in [5, 5.41) is 2.66. The van der Waals surface area contributed by atoms with Crippen LogP contribution in [0.5, 0.6) is 0 Å². The van der Waals surface area contributed by atoms with Gasteiger partial charge in [-0.2, -0.15) is 13.2 Å². The molecule has 5 heterocycles. The molecule has 0 spiro atoms. The molecule has 1 aliphatic heterocycles. The molecule has 42 heavy (non-hydrogen) atoms. The first kappa shape index (κ1) is 27.3. The zero-order valence-corrected chi connectivity index (χ0v) is 22.4. The molecule has 2 N–H and O–H groups in total. The van der Waals surface area contributed by atoms with Crippen LogP contribution in [0.25, 0.3) is 22.4 Å². The van der Waals surface area contributed by atoms with Gasteiger partial charge in [-0.1, -0.05) is 0 Å². The van der Waals surface area contributed by atoms with Gasteiger partial charge in [0, 0.05) is 24.5 Å². The van der Waals surface area contributed by atoms with Crippen molar-refractivity contribution >= 4 is 28.7 Å². The molecule has 1 fully saturated rings. The van der Waals surface area contributed by atoms with Gasteiger partial charge in [-0.25, -0.2) is 30.1 Å². The number of imidazole rings is 1. The van der Waals surface area contributed by atoms with E-state index in [1.807, 2.05) is 0 Å². The third-order valence-corrected chi connectivity index (χ3v) is 7.20. The molecule has 218 valence electrons. The Balaban J connectivity index is 1.33. The lowest BCUT2D eigenvalue weighted by atomic mass is 10.1. The first-order valence-corrected chi connectivity index (χ1v) is 12.7. The van der Waals surface area contributed by atoms with Crippen molar-refractivity contribution in [1.82, 2.24) is 39.1 Å². The number of carbonyl (C=O) groups is 1. The molecule has 1 amide bonds. The number of pyridine rings is 1. The molecule has 6 rings (SSSR count). The van der Waals surface area contributed by atoms with Crippen LogP contribution in [-0.2, 0) is 34.9 Å². The first-order chi connectivity index (χ1) is 19.9. The van der Waals surface area contributed by atoms with Gasteiger partial charge in [-0.3, -0.25) is 28.7 Å². The fourth-order valence-electron chi connectivity index (χ4n) is 4.84. The van der Waals surface area contributed by atoms with Crippen LogP contribution >= 0.6 is 0 Å². The number of aromatic nitrogens is 7. The second kappa shape index (κ2) is 9.57. The molecular weight excluding hydrogens is 561 g/mol. The van der Waals surface area contributed by atoms with Crippen molar-refractivity contribution in [2.45, 2.75) is 51.2 Å². The number of fused-ring (bicyclic) bond motifs is 1. The molecule has 1 aliphatic carbocycles. The fraction of sp³-hybridized carbons (Fsp3) is 0.360. The molecule has 0 saturated heterocycles. The maximum atomic E-state index is 13.6. The second-order valence-electron chi connectivity index (χ2n) is 10.0. The Morgan fingerprint density at radius 1 is 1.21 bits per heavy atom. The lowest BCUT2D eigenvalue weighted by Crippen LogP contribution is -2.44.